The fourth-order valence-corrected chi connectivity index (χ4v) is 3.56. The molecule has 2 heterocycles. The molecule has 0 radical (unpaired) electrons. The first-order valence-electron chi connectivity index (χ1n) is 9.48. The quantitative estimate of drug-likeness (QED) is 0.495. The van der Waals surface area contributed by atoms with Crippen molar-refractivity contribution in [3.05, 3.63) is 82.6 Å². The molecule has 0 unspecified atom stereocenters. The summed E-state index contributed by atoms with van der Waals surface area (Å²) in [5.74, 6) is -0.0448. The Kier molecular flexibility index (Phi) is 5.32. The molecule has 0 aliphatic rings. The minimum Gasteiger partial charge on any atom is -0.326 e. The number of amides is 1. The second-order valence-electron chi connectivity index (χ2n) is 6.98. The van der Waals surface area contributed by atoms with Gasteiger partial charge in [-0.25, -0.2) is 9.50 Å². The van der Waals surface area contributed by atoms with E-state index in [0.29, 0.717) is 17.9 Å². The highest BCUT2D eigenvalue weighted by atomic mass is 35.5. The van der Waals surface area contributed by atoms with E-state index in [1.54, 1.807) is 24.3 Å². The number of rotatable bonds is 5. The molecule has 0 atom stereocenters. The average molecular weight is 405 g/mol. The van der Waals surface area contributed by atoms with Gasteiger partial charge in [-0.05, 0) is 50.1 Å². The lowest BCUT2D eigenvalue weighted by atomic mass is 10.1. The third-order valence-corrected chi connectivity index (χ3v) is 5.22. The maximum Gasteiger partial charge on any atom is 0.224 e. The number of halogens is 1. The summed E-state index contributed by atoms with van der Waals surface area (Å²) in [6, 6.07) is 19.1. The molecule has 2 aromatic carbocycles. The van der Waals surface area contributed by atoms with Crippen molar-refractivity contribution < 1.29 is 4.79 Å². The Balaban J connectivity index is 1.54. The van der Waals surface area contributed by atoms with Gasteiger partial charge in [0.05, 0.1) is 5.69 Å². The van der Waals surface area contributed by atoms with Crippen LogP contribution < -0.4 is 5.32 Å². The lowest BCUT2D eigenvalue weighted by molar-refractivity contribution is -0.116. The SMILES string of the molecule is Cc1nc2cc(-c3ccccc3)nn2c(C)c1CCC(=O)Nc1ccc(Cl)cc1. The number of aryl methyl sites for hydroxylation is 2. The third-order valence-electron chi connectivity index (χ3n) is 4.96. The largest absolute Gasteiger partial charge is 0.326 e. The smallest absolute Gasteiger partial charge is 0.224 e. The molecule has 4 aromatic rings. The molecule has 2 aromatic heterocycles. The monoisotopic (exact) mass is 404 g/mol. The maximum absolute atomic E-state index is 12.4. The van der Waals surface area contributed by atoms with Gasteiger partial charge in [0.25, 0.3) is 0 Å². The molecule has 0 spiro atoms. The molecule has 4 rings (SSSR count). The van der Waals surface area contributed by atoms with Crippen molar-refractivity contribution in [2.45, 2.75) is 26.7 Å². The van der Waals surface area contributed by atoms with E-state index < -0.39 is 0 Å². The van der Waals surface area contributed by atoms with Gasteiger partial charge in [0.15, 0.2) is 5.65 Å². The summed E-state index contributed by atoms with van der Waals surface area (Å²) in [6.07, 6.45) is 0.963. The average Bonchev–Trinajstić information content (AvgIpc) is 3.14. The van der Waals surface area contributed by atoms with Crippen LogP contribution in [0.25, 0.3) is 16.9 Å². The van der Waals surface area contributed by atoms with Gasteiger partial charge >= 0.3 is 0 Å². The normalized spacial score (nSPS) is 11.0. The van der Waals surface area contributed by atoms with Crippen LogP contribution in [0.5, 0.6) is 0 Å². The number of carbonyl (C=O) groups excluding carboxylic acids is 1. The van der Waals surface area contributed by atoms with Crippen LogP contribution in [0.15, 0.2) is 60.7 Å². The molecule has 0 fully saturated rings. The van der Waals surface area contributed by atoms with E-state index in [4.69, 9.17) is 21.7 Å². The van der Waals surface area contributed by atoms with E-state index in [1.807, 2.05) is 54.8 Å². The maximum atomic E-state index is 12.4. The Morgan fingerprint density at radius 1 is 1.07 bits per heavy atom. The van der Waals surface area contributed by atoms with Crippen LogP contribution in [0.3, 0.4) is 0 Å². The van der Waals surface area contributed by atoms with E-state index in [0.717, 1.165) is 39.5 Å². The third kappa shape index (κ3) is 4.15. The highest BCUT2D eigenvalue weighted by Crippen LogP contribution is 2.22. The van der Waals surface area contributed by atoms with Gasteiger partial charge in [-0.2, -0.15) is 5.10 Å². The van der Waals surface area contributed by atoms with Crippen molar-refractivity contribution in [1.82, 2.24) is 14.6 Å². The second kappa shape index (κ2) is 8.05. The number of carbonyl (C=O) groups is 1. The predicted octanol–water partition coefficient (Wildman–Crippen LogP) is 5.24. The Labute approximate surface area is 174 Å². The standard InChI is InChI=1S/C23H21ClN4O/c1-15-20(12-13-23(29)26-19-10-8-18(24)9-11-19)16(2)28-22(25-15)14-21(27-28)17-6-4-3-5-7-17/h3-11,14H,12-13H2,1-2H3,(H,26,29). The van der Waals surface area contributed by atoms with Crippen LogP contribution in [0.4, 0.5) is 5.69 Å². The molecular formula is C23H21ClN4O. The van der Waals surface area contributed by atoms with Crippen molar-refractivity contribution in [3.63, 3.8) is 0 Å². The number of nitrogens with zero attached hydrogens (tertiary/aromatic N) is 3. The summed E-state index contributed by atoms with van der Waals surface area (Å²) in [7, 11) is 0. The summed E-state index contributed by atoms with van der Waals surface area (Å²) in [6.45, 7) is 4.00. The summed E-state index contributed by atoms with van der Waals surface area (Å²) in [5.41, 5.74) is 6.47. The molecule has 1 amide bonds. The molecule has 146 valence electrons. The Hall–Kier alpha value is -3.18. The first kappa shape index (κ1) is 19.2. The topological polar surface area (TPSA) is 59.3 Å². The van der Waals surface area contributed by atoms with Crippen molar-refractivity contribution in [2.75, 3.05) is 5.32 Å². The predicted molar refractivity (Wildman–Crippen MR) is 116 cm³/mol. The van der Waals surface area contributed by atoms with Crippen molar-refractivity contribution >= 4 is 28.8 Å². The molecule has 0 bridgehead atoms. The molecule has 29 heavy (non-hydrogen) atoms. The molecule has 0 saturated carbocycles. The van der Waals surface area contributed by atoms with Crippen LogP contribution in [0.2, 0.25) is 5.02 Å². The number of anilines is 1. The van der Waals surface area contributed by atoms with Crippen LogP contribution in [0.1, 0.15) is 23.4 Å². The minimum absolute atomic E-state index is 0.0448. The molecule has 1 N–H and O–H groups in total. The van der Waals surface area contributed by atoms with E-state index in [1.165, 1.54) is 0 Å². The molecule has 0 aliphatic heterocycles. The van der Waals surface area contributed by atoms with Gasteiger partial charge in [-0.1, -0.05) is 41.9 Å². The van der Waals surface area contributed by atoms with Crippen molar-refractivity contribution in [2.24, 2.45) is 0 Å². The molecule has 6 heteroatoms. The number of benzene rings is 2. The summed E-state index contributed by atoms with van der Waals surface area (Å²) in [4.78, 5) is 17.1. The van der Waals surface area contributed by atoms with Crippen LogP contribution in [0, 0.1) is 13.8 Å². The fourth-order valence-electron chi connectivity index (χ4n) is 3.43. The van der Waals surface area contributed by atoms with E-state index >= 15 is 0 Å². The van der Waals surface area contributed by atoms with E-state index in [-0.39, 0.29) is 5.91 Å². The van der Waals surface area contributed by atoms with Gasteiger partial charge in [-0.3, -0.25) is 4.79 Å². The fraction of sp³-hybridized carbons (Fsp3) is 0.174. The number of hydrogen-bond acceptors (Lipinski definition) is 3. The van der Waals surface area contributed by atoms with Gasteiger partial charge in [-0.15, -0.1) is 0 Å². The molecule has 0 aliphatic carbocycles. The summed E-state index contributed by atoms with van der Waals surface area (Å²) < 4.78 is 1.86. The summed E-state index contributed by atoms with van der Waals surface area (Å²) >= 11 is 5.88. The zero-order valence-electron chi connectivity index (χ0n) is 16.3. The highest BCUT2D eigenvalue weighted by Gasteiger charge is 2.14. The summed E-state index contributed by atoms with van der Waals surface area (Å²) in [5, 5.41) is 8.27. The second-order valence-corrected chi connectivity index (χ2v) is 7.42. The number of aromatic nitrogens is 3. The number of fused-ring (bicyclic) bond motifs is 1. The van der Waals surface area contributed by atoms with Crippen molar-refractivity contribution in [1.29, 1.82) is 0 Å². The zero-order chi connectivity index (χ0) is 20.4. The van der Waals surface area contributed by atoms with Crippen LogP contribution in [-0.4, -0.2) is 20.5 Å². The molecule has 5 nitrogen and oxygen atoms in total. The van der Waals surface area contributed by atoms with Gasteiger partial charge in [0, 0.05) is 40.1 Å². The number of hydrogen-bond donors (Lipinski definition) is 1. The molecular weight excluding hydrogens is 384 g/mol. The van der Waals surface area contributed by atoms with Gasteiger partial charge in [0.1, 0.15) is 0 Å². The van der Waals surface area contributed by atoms with Crippen LogP contribution >= 0.6 is 11.6 Å². The van der Waals surface area contributed by atoms with Gasteiger partial charge in [0.2, 0.25) is 5.91 Å². The van der Waals surface area contributed by atoms with Crippen LogP contribution in [-0.2, 0) is 11.2 Å². The Morgan fingerprint density at radius 3 is 2.52 bits per heavy atom. The first-order chi connectivity index (χ1) is 14.0. The van der Waals surface area contributed by atoms with Gasteiger partial charge < -0.3 is 5.32 Å². The van der Waals surface area contributed by atoms with E-state index in [2.05, 4.69) is 5.32 Å². The zero-order valence-corrected chi connectivity index (χ0v) is 17.1. The van der Waals surface area contributed by atoms with E-state index in [9.17, 15) is 4.79 Å². The molecule has 0 saturated heterocycles. The lowest BCUT2D eigenvalue weighted by Crippen LogP contribution is -2.14. The highest BCUT2D eigenvalue weighted by molar-refractivity contribution is 6.30. The number of nitrogens with one attached hydrogen (secondary N) is 1. The van der Waals surface area contributed by atoms with Crippen molar-refractivity contribution in [3.8, 4) is 11.3 Å². The Bertz CT molecular complexity index is 1170. The lowest BCUT2D eigenvalue weighted by Gasteiger charge is -2.11. The first-order valence-corrected chi connectivity index (χ1v) is 9.86. The Morgan fingerprint density at radius 2 is 1.79 bits per heavy atom. The minimum atomic E-state index is -0.0448.